The van der Waals surface area contributed by atoms with Crippen LogP contribution in [0.3, 0.4) is 0 Å². The Bertz CT molecular complexity index is 768. The summed E-state index contributed by atoms with van der Waals surface area (Å²) in [5.41, 5.74) is 0. The van der Waals surface area contributed by atoms with Gasteiger partial charge < -0.3 is 19.8 Å². The summed E-state index contributed by atoms with van der Waals surface area (Å²) in [5, 5.41) is 13.6. The maximum atomic E-state index is 12.7. The van der Waals surface area contributed by atoms with Gasteiger partial charge in [-0.25, -0.2) is 4.57 Å². The highest BCUT2D eigenvalue weighted by Crippen LogP contribution is 2.43. The molecule has 0 aliphatic heterocycles. The van der Waals surface area contributed by atoms with Gasteiger partial charge in [0.05, 0.1) is 39.9 Å². The summed E-state index contributed by atoms with van der Waals surface area (Å²) in [6.07, 6.45) is 28.2. The number of phosphoric ester groups is 1. The molecular weight excluding hydrogens is 563 g/mol. The largest absolute Gasteiger partial charge is 0.472 e. The summed E-state index contributed by atoms with van der Waals surface area (Å²) in [7, 11) is 1.55. The van der Waals surface area contributed by atoms with Crippen molar-refractivity contribution in [2.45, 2.75) is 148 Å². The molecule has 254 valence electrons. The monoisotopic (exact) mass is 631 g/mol. The molecule has 0 aliphatic carbocycles. The lowest BCUT2D eigenvalue weighted by molar-refractivity contribution is -0.870. The minimum atomic E-state index is -4.32. The molecule has 0 heterocycles. The van der Waals surface area contributed by atoms with E-state index in [4.69, 9.17) is 9.05 Å². The van der Waals surface area contributed by atoms with Crippen LogP contribution in [0.15, 0.2) is 24.3 Å². The first-order chi connectivity index (χ1) is 20.5. The van der Waals surface area contributed by atoms with E-state index in [0.29, 0.717) is 17.4 Å². The van der Waals surface area contributed by atoms with Crippen molar-refractivity contribution in [1.29, 1.82) is 0 Å². The molecule has 0 rings (SSSR count). The minimum absolute atomic E-state index is 0.0572. The van der Waals surface area contributed by atoms with E-state index in [0.717, 1.165) is 38.5 Å². The second-order valence-electron chi connectivity index (χ2n) is 12.9. The van der Waals surface area contributed by atoms with Crippen molar-refractivity contribution in [1.82, 2.24) is 5.32 Å². The molecule has 0 saturated carbocycles. The van der Waals surface area contributed by atoms with Gasteiger partial charge in [0.1, 0.15) is 13.2 Å². The number of unbranched alkanes of at least 4 members (excludes halogenated alkanes) is 15. The Morgan fingerprint density at radius 3 is 1.86 bits per heavy atom. The average Bonchev–Trinajstić information content (AvgIpc) is 2.94. The molecule has 1 amide bonds. The number of aliphatic hydroxyl groups excluding tert-OH is 1. The van der Waals surface area contributed by atoms with Gasteiger partial charge in [0.15, 0.2) is 0 Å². The molecule has 43 heavy (non-hydrogen) atoms. The number of carbonyl (C=O) groups excluding carboxylic acids is 1. The molecule has 3 unspecified atom stereocenters. The molecule has 9 heteroatoms. The van der Waals surface area contributed by atoms with Crippen molar-refractivity contribution in [2.24, 2.45) is 0 Å². The molecule has 3 N–H and O–H groups in total. The Balaban J connectivity index is 4.67. The summed E-state index contributed by atoms with van der Waals surface area (Å²) in [6.45, 7) is 4.71. The summed E-state index contributed by atoms with van der Waals surface area (Å²) in [4.78, 5) is 22.8. The van der Waals surface area contributed by atoms with Crippen LogP contribution in [0.1, 0.15) is 136 Å². The van der Waals surface area contributed by atoms with Crippen LogP contribution in [0, 0.1) is 0 Å². The first kappa shape index (κ1) is 42.0. The molecule has 0 aromatic rings. The Morgan fingerprint density at radius 2 is 1.28 bits per heavy atom. The van der Waals surface area contributed by atoms with Crippen LogP contribution in [0.5, 0.6) is 0 Å². The number of rotatable bonds is 30. The highest BCUT2D eigenvalue weighted by molar-refractivity contribution is 7.47. The molecular formula is C34H68N2O6P+. The quantitative estimate of drug-likeness (QED) is 0.0319. The van der Waals surface area contributed by atoms with Crippen molar-refractivity contribution in [3.8, 4) is 0 Å². The van der Waals surface area contributed by atoms with Gasteiger partial charge in [-0.2, -0.15) is 0 Å². The van der Waals surface area contributed by atoms with Crippen LogP contribution < -0.4 is 5.32 Å². The maximum Gasteiger partial charge on any atom is 0.472 e. The lowest BCUT2D eigenvalue weighted by atomic mass is 10.1. The third-order valence-corrected chi connectivity index (χ3v) is 8.41. The van der Waals surface area contributed by atoms with Crippen molar-refractivity contribution in [2.75, 3.05) is 40.9 Å². The number of aliphatic hydroxyl groups is 1. The van der Waals surface area contributed by atoms with Gasteiger partial charge in [-0.05, 0) is 32.1 Å². The molecule has 0 bridgehead atoms. The number of phosphoric acid groups is 1. The third kappa shape index (κ3) is 29.5. The highest BCUT2D eigenvalue weighted by atomic mass is 31.2. The van der Waals surface area contributed by atoms with Gasteiger partial charge in [0, 0.05) is 6.42 Å². The van der Waals surface area contributed by atoms with Crippen LogP contribution in [0.4, 0.5) is 0 Å². The fraction of sp³-hybridized carbons (Fsp3) is 0.853. The van der Waals surface area contributed by atoms with E-state index in [-0.39, 0.29) is 19.1 Å². The zero-order valence-corrected chi connectivity index (χ0v) is 29.3. The molecule has 0 radical (unpaired) electrons. The average molecular weight is 632 g/mol. The topological polar surface area (TPSA) is 105 Å². The molecule has 0 saturated heterocycles. The van der Waals surface area contributed by atoms with E-state index in [9.17, 15) is 19.4 Å². The number of hydrogen-bond donors (Lipinski definition) is 3. The Kier molecular flexibility index (Phi) is 26.7. The first-order valence-electron chi connectivity index (χ1n) is 17.2. The number of amides is 1. The minimum Gasteiger partial charge on any atom is -0.387 e. The van der Waals surface area contributed by atoms with Crippen molar-refractivity contribution in [3.05, 3.63) is 24.3 Å². The Morgan fingerprint density at radius 1 is 0.767 bits per heavy atom. The first-order valence-corrected chi connectivity index (χ1v) is 18.7. The molecule has 0 aliphatic rings. The van der Waals surface area contributed by atoms with Crippen molar-refractivity contribution >= 4 is 13.7 Å². The molecule has 3 atom stereocenters. The van der Waals surface area contributed by atoms with Crippen LogP contribution >= 0.6 is 7.82 Å². The smallest absolute Gasteiger partial charge is 0.387 e. The van der Waals surface area contributed by atoms with E-state index in [1.165, 1.54) is 77.0 Å². The molecule has 0 spiro atoms. The standard InChI is InChI=1S/C34H67N2O6P/c1-6-8-10-12-14-16-17-18-19-20-21-23-25-27-33(37)32(31-42-43(39,40)41-30-29-36(3,4)5)35-34(38)28-26-24-22-15-13-11-9-7-2/h19-20,25,27,32-33,37H,6-18,21-24,26,28-31H2,1-5H3,(H-,35,38,39,40)/p+1/b20-19+,27-25+. The number of hydrogen-bond acceptors (Lipinski definition) is 5. The third-order valence-electron chi connectivity index (χ3n) is 7.42. The lowest BCUT2D eigenvalue weighted by Crippen LogP contribution is -2.45. The Labute approximate surface area is 264 Å². The number of nitrogens with one attached hydrogen (secondary N) is 1. The van der Waals surface area contributed by atoms with Gasteiger partial charge >= 0.3 is 7.82 Å². The van der Waals surface area contributed by atoms with E-state index in [1.807, 2.05) is 27.2 Å². The van der Waals surface area contributed by atoms with Crippen LogP contribution in [-0.4, -0.2) is 73.4 Å². The highest BCUT2D eigenvalue weighted by Gasteiger charge is 2.27. The summed E-state index contributed by atoms with van der Waals surface area (Å²) < 4.78 is 23.3. The van der Waals surface area contributed by atoms with Gasteiger partial charge in [0.2, 0.25) is 5.91 Å². The zero-order chi connectivity index (χ0) is 32.2. The van der Waals surface area contributed by atoms with Gasteiger partial charge in [-0.1, -0.05) is 122 Å². The fourth-order valence-corrected chi connectivity index (χ4v) is 5.32. The van der Waals surface area contributed by atoms with Gasteiger partial charge in [-0.3, -0.25) is 13.8 Å². The van der Waals surface area contributed by atoms with Crippen molar-refractivity contribution < 1.29 is 32.9 Å². The fourth-order valence-electron chi connectivity index (χ4n) is 4.58. The predicted octanol–water partition coefficient (Wildman–Crippen LogP) is 8.24. The van der Waals surface area contributed by atoms with E-state index < -0.39 is 20.0 Å². The SMILES string of the molecule is CCCCCCCCC/C=C/CC/C=C/C(O)C(COP(=O)(O)OCC[N+](C)(C)C)NC(=O)CCCCCCCCCC. The zero-order valence-electron chi connectivity index (χ0n) is 28.4. The molecule has 0 aromatic carbocycles. The van der Waals surface area contributed by atoms with Gasteiger partial charge in [-0.15, -0.1) is 0 Å². The Hall–Kier alpha value is -1.02. The van der Waals surface area contributed by atoms with E-state index in [2.05, 4.69) is 31.3 Å². The van der Waals surface area contributed by atoms with Crippen LogP contribution in [-0.2, 0) is 18.4 Å². The lowest BCUT2D eigenvalue weighted by Gasteiger charge is -2.25. The molecule has 0 fully saturated rings. The number of nitrogens with zero attached hydrogens (tertiary/aromatic N) is 1. The molecule has 8 nitrogen and oxygen atoms in total. The summed E-state index contributed by atoms with van der Waals surface area (Å²) in [5.74, 6) is -0.195. The maximum absolute atomic E-state index is 12.7. The number of quaternary nitrogens is 1. The van der Waals surface area contributed by atoms with Crippen LogP contribution in [0.25, 0.3) is 0 Å². The predicted molar refractivity (Wildman–Crippen MR) is 180 cm³/mol. The van der Waals surface area contributed by atoms with E-state index in [1.54, 1.807) is 6.08 Å². The van der Waals surface area contributed by atoms with Gasteiger partial charge in [0.25, 0.3) is 0 Å². The summed E-state index contributed by atoms with van der Waals surface area (Å²) >= 11 is 0. The van der Waals surface area contributed by atoms with E-state index >= 15 is 0 Å². The number of carbonyl (C=O) groups is 1. The number of likely N-dealkylation sites (N-methyl/N-ethyl adjacent to an activating group) is 1. The molecule has 0 aromatic heterocycles. The second-order valence-corrected chi connectivity index (χ2v) is 14.3. The summed E-state index contributed by atoms with van der Waals surface area (Å²) in [6, 6.07) is -0.854. The van der Waals surface area contributed by atoms with Crippen LogP contribution in [0.2, 0.25) is 0 Å². The second kappa shape index (κ2) is 27.3. The normalized spacial score (nSPS) is 15.2. The van der Waals surface area contributed by atoms with Crippen molar-refractivity contribution in [3.63, 3.8) is 0 Å². The number of allylic oxidation sites excluding steroid dienone is 3.